The molecule has 1 aromatic carbocycles. The Morgan fingerprint density at radius 1 is 0.949 bits per heavy atom. The van der Waals surface area contributed by atoms with Gasteiger partial charge in [0.05, 0.1) is 33.3 Å². The number of rotatable bonds is 7. The summed E-state index contributed by atoms with van der Waals surface area (Å²) < 4.78 is 12.6. The van der Waals surface area contributed by atoms with E-state index < -0.39 is 5.97 Å². The number of hydrogen-bond donors (Lipinski definition) is 1. The first kappa shape index (κ1) is 25.0. The van der Waals surface area contributed by atoms with Crippen molar-refractivity contribution in [2.45, 2.75) is 74.9 Å². The summed E-state index contributed by atoms with van der Waals surface area (Å²) in [4.78, 5) is 20.4. The van der Waals surface area contributed by atoms with E-state index in [1.807, 2.05) is 30.3 Å². The molecular formula is C30H27Cl2N3O4. The number of aromatic carboxylic acids is 1. The highest BCUT2D eigenvalue weighted by Crippen LogP contribution is 2.55. The van der Waals surface area contributed by atoms with Crippen molar-refractivity contribution >= 4 is 40.2 Å². The average molecular weight is 564 g/mol. The second kappa shape index (κ2) is 9.29. The number of halogens is 2. The number of carboxylic acids is 1. The summed E-state index contributed by atoms with van der Waals surface area (Å²) in [6.45, 7) is 0.422. The van der Waals surface area contributed by atoms with E-state index in [9.17, 15) is 9.90 Å². The Balaban J connectivity index is 1.11. The van der Waals surface area contributed by atoms with E-state index in [1.165, 1.54) is 6.07 Å². The number of ether oxygens (including phenoxy) is 1. The molecule has 4 saturated carbocycles. The number of fused-ring (bicyclic) bond motifs is 4. The molecule has 4 fully saturated rings. The third-order valence-corrected chi connectivity index (χ3v) is 9.60. The van der Waals surface area contributed by atoms with E-state index in [1.54, 1.807) is 6.07 Å². The summed E-state index contributed by atoms with van der Waals surface area (Å²) in [5.74, 6) is 0.250. The van der Waals surface area contributed by atoms with E-state index in [-0.39, 0.29) is 16.7 Å². The first-order chi connectivity index (χ1) is 18.9. The number of carbonyl (C=O) groups is 1. The van der Waals surface area contributed by atoms with Crippen LogP contribution in [0.4, 0.5) is 0 Å². The highest BCUT2D eigenvalue weighted by atomic mass is 35.5. The summed E-state index contributed by atoms with van der Waals surface area (Å²) in [5.41, 5.74) is 4.62. The zero-order valence-electron chi connectivity index (χ0n) is 21.3. The Morgan fingerprint density at radius 3 is 2.28 bits per heavy atom. The summed E-state index contributed by atoms with van der Waals surface area (Å²) in [6, 6.07) is 12.7. The van der Waals surface area contributed by atoms with Gasteiger partial charge in [-0.1, -0.05) is 34.4 Å². The number of nitrogens with zero attached hydrogens (tertiary/aromatic N) is 3. The molecule has 4 aromatic rings. The Bertz CT molecular complexity index is 1570. The summed E-state index contributed by atoms with van der Waals surface area (Å²) >= 11 is 13.1. The SMILES string of the molecule is O=C(O)c1ccc2nc(C34CCC(OCc5c(-c6c(Cl)cccc6Cl)noc5C5CC5)(CC3)CC4)ccc2n1. The fraction of sp³-hybridized carbons (Fsp3) is 0.400. The predicted molar refractivity (Wildman–Crippen MR) is 147 cm³/mol. The van der Waals surface area contributed by atoms with Gasteiger partial charge in [-0.3, -0.25) is 4.98 Å². The molecule has 7 nitrogen and oxygen atoms in total. The van der Waals surface area contributed by atoms with Crippen LogP contribution in [0.2, 0.25) is 10.0 Å². The van der Waals surface area contributed by atoms with Crippen LogP contribution in [-0.4, -0.2) is 31.8 Å². The minimum absolute atomic E-state index is 0.0113. The van der Waals surface area contributed by atoms with Crippen LogP contribution in [-0.2, 0) is 16.8 Å². The molecule has 0 aliphatic heterocycles. The normalized spacial score (nSPS) is 24.4. The second-order valence-electron chi connectivity index (χ2n) is 11.2. The maximum Gasteiger partial charge on any atom is 0.354 e. The van der Waals surface area contributed by atoms with Gasteiger partial charge in [-0.05, 0) is 87.8 Å². The summed E-state index contributed by atoms with van der Waals surface area (Å²) in [7, 11) is 0. The van der Waals surface area contributed by atoms with Crippen molar-refractivity contribution in [2.24, 2.45) is 0 Å². The monoisotopic (exact) mass is 563 g/mol. The zero-order chi connectivity index (χ0) is 26.8. The maximum absolute atomic E-state index is 11.3. The van der Waals surface area contributed by atoms with Crippen molar-refractivity contribution in [3.63, 3.8) is 0 Å². The summed E-state index contributed by atoms with van der Waals surface area (Å²) in [6.07, 6.45) is 8.03. The second-order valence-corrected chi connectivity index (χ2v) is 12.0. The van der Waals surface area contributed by atoms with Crippen molar-refractivity contribution in [1.82, 2.24) is 15.1 Å². The molecule has 4 aliphatic carbocycles. The van der Waals surface area contributed by atoms with Gasteiger partial charge in [0.1, 0.15) is 17.1 Å². The van der Waals surface area contributed by atoms with Crippen LogP contribution in [0.5, 0.6) is 0 Å². The highest BCUT2D eigenvalue weighted by molar-refractivity contribution is 6.39. The quantitative estimate of drug-likeness (QED) is 0.245. The van der Waals surface area contributed by atoms with Crippen LogP contribution >= 0.6 is 23.2 Å². The lowest BCUT2D eigenvalue weighted by Gasteiger charge is -2.52. The van der Waals surface area contributed by atoms with E-state index in [2.05, 4.69) is 10.1 Å². The van der Waals surface area contributed by atoms with Gasteiger partial charge in [0, 0.05) is 28.2 Å². The number of pyridine rings is 2. The first-order valence-electron chi connectivity index (χ1n) is 13.4. The van der Waals surface area contributed by atoms with Crippen molar-refractivity contribution in [3.8, 4) is 11.3 Å². The smallest absolute Gasteiger partial charge is 0.354 e. The van der Waals surface area contributed by atoms with Gasteiger partial charge < -0.3 is 14.4 Å². The van der Waals surface area contributed by atoms with Gasteiger partial charge in [0.2, 0.25) is 0 Å². The van der Waals surface area contributed by atoms with Crippen molar-refractivity contribution < 1.29 is 19.2 Å². The van der Waals surface area contributed by atoms with E-state index in [0.717, 1.165) is 73.9 Å². The Morgan fingerprint density at radius 2 is 1.62 bits per heavy atom. The minimum atomic E-state index is -1.03. The largest absolute Gasteiger partial charge is 0.477 e. The van der Waals surface area contributed by atoms with Crippen molar-refractivity contribution in [1.29, 1.82) is 0 Å². The lowest BCUT2D eigenvalue weighted by atomic mass is 9.57. The van der Waals surface area contributed by atoms with Gasteiger partial charge in [0.25, 0.3) is 0 Å². The molecule has 9 heteroatoms. The molecule has 1 N–H and O–H groups in total. The van der Waals surface area contributed by atoms with Gasteiger partial charge in [-0.25, -0.2) is 9.78 Å². The van der Waals surface area contributed by atoms with Crippen LogP contribution in [0.25, 0.3) is 22.3 Å². The molecule has 8 rings (SSSR count). The van der Waals surface area contributed by atoms with Crippen LogP contribution in [0.15, 0.2) is 47.0 Å². The van der Waals surface area contributed by atoms with Gasteiger partial charge in [-0.2, -0.15) is 0 Å². The van der Waals surface area contributed by atoms with Crippen LogP contribution in [0, 0.1) is 0 Å². The number of aromatic nitrogens is 3. The van der Waals surface area contributed by atoms with Gasteiger partial charge in [-0.15, -0.1) is 0 Å². The van der Waals surface area contributed by atoms with Gasteiger partial charge >= 0.3 is 5.97 Å². The molecule has 2 bridgehead atoms. The number of carboxylic acid groups (broad SMARTS) is 1. The number of benzene rings is 1. The van der Waals surface area contributed by atoms with Crippen molar-refractivity contribution in [3.05, 3.63) is 75.2 Å². The molecule has 200 valence electrons. The fourth-order valence-corrected chi connectivity index (χ4v) is 7.03. The molecule has 4 aliphatic rings. The third-order valence-electron chi connectivity index (χ3n) is 8.97. The molecule has 3 aromatic heterocycles. The molecule has 0 radical (unpaired) electrons. The topological polar surface area (TPSA) is 98.3 Å². The Labute approximate surface area is 235 Å². The Kier molecular flexibility index (Phi) is 5.95. The first-order valence-corrected chi connectivity index (χ1v) is 14.2. The molecule has 39 heavy (non-hydrogen) atoms. The average Bonchev–Trinajstić information content (AvgIpc) is 3.72. The molecule has 0 amide bonds. The van der Waals surface area contributed by atoms with Crippen LogP contribution < -0.4 is 0 Å². The van der Waals surface area contributed by atoms with E-state index in [4.69, 9.17) is 37.4 Å². The van der Waals surface area contributed by atoms with Gasteiger partial charge in [0.15, 0.2) is 0 Å². The van der Waals surface area contributed by atoms with E-state index >= 15 is 0 Å². The standard InChI is InChI=1S/C30H27Cl2N3O4/c31-19-2-1-3-20(32)25(19)26-18(27(39-35-26)17-4-5-17)16-38-30-13-10-29(11-14-30,12-15-30)24-9-8-21-22(34-24)6-7-23(33-21)28(36)37/h1-3,6-9,17H,4-5,10-16H2,(H,36,37). The fourth-order valence-electron chi connectivity index (χ4n) is 6.45. The van der Waals surface area contributed by atoms with Crippen LogP contribution in [0.1, 0.15) is 84.8 Å². The molecule has 0 saturated heterocycles. The third kappa shape index (κ3) is 4.31. The summed E-state index contributed by atoms with van der Waals surface area (Å²) in [5, 5.41) is 14.8. The van der Waals surface area contributed by atoms with E-state index in [0.29, 0.717) is 39.3 Å². The predicted octanol–water partition coefficient (Wildman–Crippen LogP) is 7.73. The molecule has 3 heterocycles. The zero-order valence-corrected chi connectivity index (χ0v) is 22.8. The molecule has 0 spiro atoms. The molecule has 0 atom stereocenters. The minimum Gasteiger partial charge on any atom is -0.477 e. The maximum atomic E-state index is 11.3. The lowest BCUT2D eigenvalue weighted by Crippen LogP contribution is -2.50. The lowest BCUT2D eigenvalue weighted by molar-refractivity contribution is -0.127. The van der Waals surface area contributed by atoms with Crippen LogP contribution in [0.3, 0.4) is 0 Å². The Hall–Kier alpha value is -3.00. The van der Waals surface area contributed by atoms with Crippen molar-refractivity contribution in [2.75, 3.05) is 0 Å². The number of hydrogen-bond acceptors (Lipinski definition) is 6. The molecule has 0 unspecified atom stereocenters. The molecular weight excluding hydrogens is 537 g/mol. The highest BCUT2D eigenvalue weighted by Gasteiger charge is 2.51.